The third-order valence-electron chi connectivity index (χ3n) is 4.14. The molecule has 1 aromatic heterocycles. The molecule has 0 bridgehead atoms. The molecular formula is C18H21N3O3S. The van der Waals surface area contributed by atoms with Crippen LogP contribution in [0.3, 0.4) is 0 Å². The topological polar surface area (TPSA) is 93.4 Å². The summed E-state index contributed by atoms with van der Waals surface area (Å²) >= 11 is 1.45. The highest BCUT2D eigenvalue weighted by Crippen LogP contribution is 2.38. The van der Waals surface area contributed by atoms with E-state index in [2.05, 4.69) is 10.7 Å². The summed E-state index contributed by atoms with van der Waals surface area (Å²) in [5.41, 5.74) is 4.74. The first-order chi connectivity index (χ1) is 12.1. The quantitative estimate of drug-likeness (QED) is 0.434. The molecule has 2 aromatic rings. The van der Waals surface area contributed by atoms with Crippen LogP contribution in [0.5, 0.6) is 5.75 Å². The lowest BCUT2D eigenvalue weighted by Gasteiger charge is -2.12. The van der Waals surface area contributed by atoms with Gasteiger partial charge in [0.15, 0.2) is 6.61 Å². The molecule has 0 spiro atoms. The van der Waals surface area contributed by atoms with Gasteiger partial charge in [-0.05, 0) is 55.9 Å². The van der Waals surface area contributed by atoms with Crippen molar-refractivity contribution < 1.29 is 14.3 Å². The predicted octanol–water partition coefficient (Wildman–Crippen LogP) is 2.56. The summed E-state index contributed by atoms with van der Waals surface area (Å²) < 4.78 is 5.52. The highest BCUT2D eigenvalue weighted by Gasteiger charge is 2.26. The first-order valence-electron chi connectivity index (χ1n) is 8.23. The number of hydrogen-bond acceptors (Lipinski definition) is 5. The fraction of sp³-hybridized carbons (Fsp3) is 0.333. The molecule has 0 aliphatic heterocycles. The van der Waals surface area contributed by atoms with Gasteiger partial charge in [0.1, 0.15) is 10.8 Å². The van der Waals surface area contributed by atoms with Crippen LogP contribution in [0, 0.1) is 6.92 Å². The van der Waals surface area contributed by atoms with Gasteiger partial charge in [-0.15, -0.1) is 11.3 Å². The minimum Gasteiger partial charge on any atom is -0.484 e. The Morgan fingerprint density at radius 3 is 2.84 bits per heavy atom. The number of fused-ring (bicyclic) bond motifs is 1. The molecule has 0 unspecified atom stereocenters. The van der Waals surface area contributed by atoms with Crippen molar-refractivity contribution in [2.45, 2.75) is 32.6 Å². The number of thiophene rings is 1. The van der Waals surface area contributed by atoms with E-state index in [1.165, 1.54) is 11.3 Å². The van der Waals surface area contributed by atoms with Crippen molar-refractivity contribution in [3.63, 3.8) is 0 Å². The van der Waals surface area contributed by atoms with Gasteiger partial charge in [0.05, 0.1) is 5.56 Å². The number of hydrazine groups is 1. The Hall–Kier alpha value is -2.38. The zero-order valence-corrected chi connectivity index (χ0v) is 14.9. The van der Waals surface area contributed by atoms with E-state index in [1.807, 2.05) is 25.1 Å². The van der Waals surface area contributed by atoms with E-state index >= 15 is 0 Å². The molecule has 1 heterocycles. The standard InChI is InChI=1S/C18H21N3O3S/c1-11-5-4-6-12(9-11)24-10-15(22)20-18-16(17(23)21-19)13-7-2-3-8-14(13)25-18/h4-6,9H,2-3,7-8,10,19H2,1H3,(H,20,22)(H,21,23). The summed E-state index contributed by atoms with van der Waals surface area (Å²) in [6.07, 6.45) is 3.91. The van der Waals surface area contributed by atoms with Crippen molar-refractivity contribution >= 4 is 28.2 Å². The number of hydrogen-bond donors (Lipinski definition) is 3. The number of nitrogens with two attached hydrogens (primary N) is 1. The van der Waals surface area contributed by atoms with Crippen molar-refractivity contribution in [3.05, 3.63) is 45.8 Å². The van der Waals surface area contributed by atoms with Crippen LogP contribution in [-0.2, 0) is 17.6 Å². The van der Waals surface area contributed by atoms with Crippen LogP contribution >= 0.6 is 11.3 Å². The smallest absolute Gasteiger partial charge is 0.268 e. The molecule has 0 fully saturated rings. The minimum absolute atomic E-state index is 0.115. The largest absolute Gasteiger partial charge is 0.484 e. The average Bonchev–Trinajstić information content (AvgIpc) is 2.97. The number of ether oxygens (including phenoxy) is 1. The summed E-state index contributed by atoms with van der Waals surface area (Å²) in [6, 6.07) is 7.50. The van der Waals surface area contributed by atoms with Crippen molar-refractivity contribution in [3.8, 4) is 5.75 Å². The van der Waals surface area contributed by atoms with Crippen molar-refractivity contribution in [1.29, 1.82) is 0 Å². The van der Waals surface area contributed by atoms with Crippen LogP contribution in [0.1, 0.15) is 39.2 Å². The van der Waals surface area contributed by atoms with Crippen molar-refractivity contribution in [2.75, 3.05) is 11.9 Å². The van der Waals surface area contributed by atoms with E-state index in [1.54, 1.807) is 6.07 Å². The third-order valence-corrected chi connectivity index (χ3v) is 5.35. The molecule has 1 aromatic carbocycles. The van der Waals surface area contributed by atoms with Gasteiger partial charge in [-0.1, -0.05) is 12.1 Å². The Balaban J connectivity index is 1.72. The van der Waals surface area contributed by atoms with Gasteiger partial charge in [0, 0.05) is 4.88 Å². The van der Waals surface area contributed by atoms with Crippen LogP contribution in [0.25, 0.3) is 0 Å². The fourth-order valence-corrected chi connectivity index (χ4v) is 4.29. The van der Waals surface area contributed by atoms with Crippen LogP contribution in [0.4, 0.5) is 5.00 Å². The number of carbonyl (C=O) groups is 2. The SMILES string of the molecule is Cc1cccc(OCC(=O)Nc2sc3c(c2C(=O)NN)CCCC3)c1. The van der Waals surface area contributed by atoms with Gasteiger partial charge in [-0.25, -0.2) is 5.84 Å². The Labute approximate surface area is 150 Å². The molecule has 0 saturated heterocycles. The molecule has 0 saturated carbocycles. The van der Waals surface area contributed by atoms with Gasteiger partial charge >= 0.3 is 0 Å². The van der Waals surface area contributed by atoms with Crippen LogP contribution in [-0.4, -0.2) is 18.4 Å². The number of anilines is 1. The number of carbonyl (C=O) groups excluding carboxylic acids is 2. The van der Waals surface area contributed by atoms with E-state index in [9.17, 15) is 9.59 Å². The second-order valence-corrected chi connectivity index (χ2v) is 7.15. The van der Waals surface area contributed by atoms with Crippen molar-refractivity contribution in [1.82, 2.24) is 5.43 Å². The van der Waals surface area contributed by atoms with Gasteiger partial charge in [-0.2, -0.15) is 0 Å². The maximum absolute atomic E-state index is 12.3. The van der Waals surface area contributed by atoms with Gasteiger partial charge in [0.2, 0.25) is 0 Å². The molecular weight excluding hydrogens is 338 g/mol. The zero-order chi connectivity index (χ0) is 17.8. The number of nitrogens with one attached hydrogen (secondary N) is 2. The summed E-state index contributed by atoms with van der Waals surface area (Å²) in [4.78, 5) is 25.6. The first-order valence-corrected chi connectivity index (χ1v) is 9.05. The van der Waals surface area contributed by atoms with Gasteiger partial charge in [-0.3, -0.25) is 15.0 Å². The van der Waals surface area contributed by atoms with E-state index < -0.39 is 0 Å². The minimum atomic E-state index is -0.366. The first kappa shape index (κ1) is 17.4. The lowest BCUT2D eigenvalue weighted by atomic mass is 9.95. The number of aryl methyl sites for hydroxylation is 2. The van der Waals surface area contributed by atoms with E-state index in [-0.39, 0.29) is 18.4 Å². The molecule has 1 aliphatic carbocycles. The summed E-state index contributed by atoms with van der Waals surface area (Å²) in [5.74, 6) is 5.29. The summed E-state index contributed by atoms with van der Waals surface area (Å²) in [5, 5.41) is 3.35. The fourth-order valence-electron chi connectivity index (χ4n) is 2.98. The lowest BCUT2D eigenvalue weighted by molar-refractivity contribution is -0.118. The maximum Gasteiger partial charge on any atom is 0.268 e. The highest BCUT2D eigenvalue weighted by atomic mass is 32.1. The Kier molecular flexibility index (Phi) is 5.35. The number of benzene rings is 1. The van der Waals surface area contributed by atoms with Crippen molar-refractivity contribution in [2.24, 2.45) is 5.84 Å². The Morgan fingerprint density at radius 2 is 2.08 bits per heavy atom. The van der Waals surface area contributed by atoms with E-state index in [4.69, 9.17) is 10.6 Å². The molecule has 3 rings (SSSR count). The normalized spacial score (nSPS) is 13.0. The molecule has 0 radical (unpaired) electrons. The Bertz CT molecular complexity index is 801. The van der Waals surface area contributed by atoms with E-state index in [0.29, 0.717) is 16.3 Å². The molecule has 1 aliphatic rings. The number of rotatable bonds is 5. The molecule has 0 atom stereocenters. The number of amides is 2. The molecule has 7 heteroatoms. The molecule has 4 N–H and O–H groups in total. The van der Waals surface area contributed by atoms with E-state index in [0.717, 1.165) is 41.7 Å². The summed E-state index contributed by atoms with van der Waals surface area (Å²) in [6.45, 7) is 1.84. The molecule has 6 nitrogen and oxygen atoms in total. The lowest BCUT2D eigenvalue weighted by Crippen LogP contribution is -2.31. The highest BCUT2D eigenvalue weighted by molar-refractivity contribution is 7.17. The summed E-state index contributed by atoms with van der Waals surface area (Å²) in [7, 11) is 0. The zero-order valence-electron chi connectivity index (χ0n) is 14.1. The maximum atomic E-state index is 12.3. The van der Waals surface area contributed by atoms with Gasteiger partial charge in [0.25, 0.3) is 11.8 Å². The number of nitrogen functional groups attached to an aromatic ring is 1. The van der Waals surface area contributed by atoms with Crippen LogP contribution in [0.2, 0.25) is 0 Å². The monoisotopic (exact) mass is 359 g/mol. The molecule has 132 valence electrons. The third kappa shape index (κ3) is 4.00. The average molecular weight is 359 g/mol. The van der Waals surface area contributed by atoms with Gasteiger partial charge < -0.3 is 10.1 Å². The van der Waals surface area contributed by atoms with Crippen LogP contribution in [0.15, 0.2) is 24.3 Å². The molecule has 2 amide bonds. The second-order valence-electron chi connectivity index (χ2n) is 6.04. The predicted molar refractivity (Wildman–Crippen MR) is 97.9 cm³/mol. The Morgan fingerprint density at radius 1 is 1.28 bits per heavy atom. The molecule has 25 heavy (non-hydrogen) atoms. The second kappa shape index (κ2) is 7.67. The van der Waals surface area contributed by atoms with Crippen LogP contribution < -0.4 is 21.3 Å².